The van der Waals surface area contributed by atoms with Crippen molar-refractivity contribution in [2.75, 3.05) is 52.9 Å². The van der Waals surface area contributed by atoms with Gasteiger partial charge in [-0.25, -0.2) is 0 Å². The highest BCUT2D eigenvalue weighted by Gasteiger charge is 2.20. The molecule has 1 aromatic heterocycles. The third-order valence-corrected chi connectivity index (χ3v) is 4.11. The van der Waals surface area contributed by atoms with Crippen LogP contribution in [0, 0.1) is 0 Å². The minimum absolute atomic E-state index is 0.253. The summed E-state index contributed by atoms with van der Waals surface area (Å²) < 4.78 is 0. The minimum atomic E-state index is 0.253. The van der Waals surface area contributed by atoms with Crippen LogP contribution < -0.4 is 0 Å². The number of piperazine rings is 1. The third kappa shape index (κ3) is 5.10. The van der Waals surface area contributed by atoms with E-state index < -0.39 is 0 Å². The molecule has 1 aliphatic heterocycles. The van der Waals surface area contributed by atoms with Crippen LogP contribution in [-0.2, 0) is 11.2 Å². The molecule has 2 rings (SSSR count). The summed E-state index contributed by atoms with van der Waals surface area (Å²) in [6.07, 6.45) is 4.58. The van der Waals surface area contributed by atoms with Gasteiger partial charge < -0.3 is 9.80 Å². The first-order valence-corrected chi connectivity index (χ1v) is 7.76. The lowest BCUT2D eigenvalue weighted by Crippen LogP contribution is -2.50. The van der Waals surface area contributed by atoms with Crippen molar-refractivity contribution in [3.63, 3.8) is 0 Å². The van der Waals surface area contributed by atoms with E-state index in [1.165, 1.54) is 5.56 Å². The number of pyridine rings is 1. The molecule has 0 saturated carbocycles. The molecule has 116 valence electrons. The highest BCUT2D eigenvalue weighted by Crippen LogP contribution is 2.03. The number of likely N-dealkylation sites (N-methyl/N-ethyl adjacent to an activating group) is 2. The first kappa shape index (κ1) is 15.9. The molecule has 0 aliphatic carbocycles. The number of aromatic nitrogens is 1. The standard InChI is InChI=1S/C16H26N4O/c1-3-19-10-12-20(13-11-19)16(21)14-18(2)9-6-15-4-7-17-8-5-15/h4-5,7-8H,3,6,9-14H2,1-2H3. The SMILES string of the molecule is CCN1CCN(C(=O)CN(C)CCc2ccncc2)CC1. The maximum absolute atomic E-state index is 12.3. The Labute approximate surface area is 127 Å². The predicted octanol–water partition coefficient (Wildman–Crippen LogP) is 0.720. The molecule has 1 aliphatic rings. The number of rotatable bonds is 6. The van der Waals surface area contributed by atoms with Gasteiger partial charge >= 0.3 is 0 Å². The summed E-state index contributed by atoms with van der Waals surface area (Å²) in [5, 5.41) is 0. The van der Waals surface area contributed by atoms with Crippen molar-refractivity contribution < 1.29 is 4.79 Å². The molecular weight excluding hydrogens is 264 g/mol. The van der Waals surface area contributed by atoms with E-state index in [0.29, 0.717) is 6.54 Å². The number of nitrogens with zero attached hydrogens (tertiary/aromatic N) is 4. The Morgan fingerprint density at radius 2 is 1.90 bits per heavy atom. The van der Waals surface area contributed by atoms with Crippen LogP contribution in [0.15, 0.2) is 24.5 Å². The van der Waals surface area contributed by atoms with Crippen molar-refractivity contribution in [3.05, 3.63) is 30.1 Å². The summed E-state index contributed by atoms with van der Waals surface area (Å²) in [7, 11) is 2.02. The van der Waals surface area contributed by atoms with Crippen molar-refractivity contribution in [2.45, 2.75) is 13.3 Å². The quantitative estimate of drug-likeness (QED) is 0.774. The fourth-order valence-corrected chi connectivity index (χ4v) is 2.59. The van der Waals surface area contributed by atoms with Crippen molar-refractivity contribution in [3.8, 4) is 0 Å². The van der Waals surface area contributed by atoms with E-state index in [2.05, 4.69) is 21.7 Å². The molecule has 5 nitrogen and oxygen atoms in total. The lowest BCUT2D eigenvalue weighted by Gasteiger charge is -2.34. The average molecular weight is 290 g/mol. The second-order valence-electron chi connectivity index (χ2n) is 5.66. The van der Waals surface area contributed by atoms with Crippen LogP contribution in [-0.4, -0.2) is 78.5 Å². The molecule has 2 heterocycles. The Hall–Kier alpha value is -1.46. The summed E-state index contributed by atoms with van der Waals surface area (Å²) in [4.78, 5) is 22.8. The number of hydrogen-bond donors (Lipinski definition) is 0. The van der Waals surface area contributed by atoms with Gasteiger partial charge in [0.25, 0.3) is 0 Å². The predicted molar refractivity (Wildman–Crippen MR) is 84.1 cm³/mol. The number of carbonyl (C=O) groups is 1. The largest absolute Gasteiger partial charge is 0.339 e. The first-order valence-electron chi connectivity index (χ1n) is 7.76. The summed E-state index contributed by atoms with van der Waals surface area (Å²) in [6, 6.07) is 4.05. The first-order chi connectivity index (χ1) is 10.2. The molecule has 0 radical (unpaired) electrons. The van der Waals surface area contributed by atoms with E-state index in [0.717, 1.165) is 45.7 Å². The highest BCUT2D eigenvalue weighted by molar-refractivity contribution is 5.78. The van der Waals surface area contributed by atoms with Gasteiger partial charge in [0.1, 0.15) is 0 Å². The van der Waals surface area contributed by atoms with Crippen LogP contribution in [0.1, 0.15) is 12.5 Å². The molecule has 1 amide bonds. The van der Waals surface area contributed by atoms with E-state index in [9.17, 15) is 4.79 Å². The van der Waals surface area contributed by atoms with Gasteiger partial charge in [-0.3, -0.25) is 14.7 Å². The smallest absolute Gasteiger partial charge is 0.236 e. The van der Waals surface area contributed by atoms with Gasteiger partial charge in [0.05, 0.1) is 6.54 Å². The van der Waals surface area contributed by atoms with Crippen molar-refractivity contribution in [1.29, 1.82) is 0 Å². The highest BCUT2D eigenvalue weighted by atomic mass is 16.2. The Morgan fingerprint density at radius 1 is 1.24 bits per heavy atom. The monoisotopic (exact) mass is 290 g/mol. The Bertz CT molecular complexity index is 429. The number of carbonyl (C=O) groups excluding carboxylic acids is 1. The summed E-state index contributed by atoms with van der Waals surface area (Å²) >= 11 is 0. The Morgan fingerprint density at radius 3 is 2.52 bits per heavy atom. The summed E-state index contributed by atoms with van der Waals surface area (Å²) in [5.74, 6) is 0.253. The van der Waals surface area contributed by atoms with Crippen LogP contribution in [0.2, 0.25) is 0 Å². The van der Waals surface area contributed by atoms with E-state index in [4.69, 9.17) is 0 Å². The summed E-state index contributed by atoms with van der Waals surface area (Å²) in [6.45, 7) is 8.39. The van der Waals surface area contributed by atoms with Crippen LogP contribution in [0.25, 0.3) is 0 Å². The van der Waals surface area contributed by atoms with Crippen LogP contribution in [0.4, 0.5) is 0 Å². The molecule has 0 N–H and O–H groups in total. The van der Waals surface area contributed by atoms with Gasteiger partial charge in [0, 0.05) is 45.1 Å². The van der Waals surface area contributed by atoms with Gasteiger partial charge in [-0.15, -0.1) is 0 Å². The fraction of sp³-hybridized carbons (Fsp3) is 0.625. The van der Waals surface area contributed by atoms with Gasteiger partial charge in [0.15, 0.2) is 0 Å². The van der Waals surface area contributed by atoms with Crippen LogP contribution >= 0.6 is 0 Å². The minimum Gasteiger partial charge on any atom is -0.339 e. The second kappa shape index (κ2) is 8.10. The van der Waals surface area contributed by atoms with Crippen molar-refractivity contribution >= 4 is 5.91 Å². The maximum Gasteiger partial charge on any atom is 0.236 e. The molecule has 0 unspecified atom stereocenters. The molecule has 1 fully saturated rings. The lowest BCUT2D eigenvalue weighted by atomic mass is 10.2. The van der Waals surface area contributed by atoms with Gasteiger partial charge in [0.2, 0.25) is 5.91 Å². The van der Waals surface area contributed by atoms with E-state index >= 15 is 0 Å². The van der Waals surface area contributed by atoms with Crippen molar-refractivity contribution in [1.82, 2.24) is 19.7 Å². The van der Waals surface area contributed by atoms with Gasteiger partial charge in [-0.1, -0.05) is 6.92 Å². The zero-order valence-corrected chi connectivity index (χ0v) is 13.2. The molecule has 5 heteroatoms. The zero-order valence-electron chi connectivity index (χ0n) is 13.2. The second-order valence-corrected chi connectivity index (χ2v) is 5.66. The number of amides is 1. The van der Waals surface area contributed by atoms with E-state index in [-0.39, 0.29) is 5.91 Å². The van der Waals surface area contributed by atoms with Gasteiger partial charge in [-0.2, -0.15) is 0 Å². The Balaban J connectivity index is 1.70. The number of hydrogen-bond acceptors (Lipinski definition) is 4. The van der Waals surface area contributed by atoms with E-state index in [1.807, 2.05) is 36.5 Å². The molecule has 0 atom stereocenters. The van der Waals surface area contributed by atoms with Crippen molar-refractivity contribution in [2.24, 2.45) is 0 Å². The van der Waals surface area contributed by atoms with Crippen LogP contribution in [0.3, 0.4) is 0 Å². The summed E-state index contributed by atoms with van der Waals surface area (Å²) in [5.41, 5.74) is 1.26. The molecule has 0 spiro atoms. The van der Waals surface area contributed by atoms with Crippen LogP contribution in [0.5, 0.6) is 0 Å². The van der Waals surface area contributed by atoms with E-state index in [1.54, 1.807) is 0 Å². The lowest BCUT2D eigenvalue weighted by molar-refractivity contribution is -0.133. The van der Waals surface area contributed by atoms with Gasteiger partial charge in [-0.05, 0) is 37.7 Å². The normalized spacial score (nSPS) is 16.4. The molecule has 21 heavy (non-hydrogen) atoms. The molecule has 0 aromatic carbocycles. The zero-order chi connectivity index (χ0) is 15.1. The average Bonchev–Trinajstić information content (AvgIpc) is 2.54. The molecule has 0 bridgehead atoms. The third-order valence-electron chi connectivity index (χ3n) is 4.11. The Kier molecular flexibility index (Phi) is 6.14. The molecule has 1 aromatic rings. The molecule has 1 saturated heterocycles. The molecular formula is C16H26N4O. The fourth-order valence-electron chi connectivity index (χ4n) is 2.59. The maximum atomic E-state index is 12.3. The topological polar surface area (TPSA) is 39.7 Å².